The molecule has 0 aliphatic heterocycles. The van der Waals surface area contributed by atoms with Gasteiger partial charge < -0.3 is 4.74 Å². The highest BCUT2D eigenvalue weighted by molar-refractivity contribution is 8.23. The lowest BCUT2D eigenvalue weighted by atomic mass is 10.0. The van der Waals surface area contributed by atoms with Gasteiger partial charge in [0.05, 0.1) is 7.11 Å². The van der Waals surface area contributed by atoms with Gasteiger partial charge >= 0.3 is 0 Å². The minimum absolute atomic E-state index is 0.705. The first kappa shape index (κ1) is 9.33. The van der Waals surface area contributed by atoms with Crippen molar-refractivity contribution in [1.82, 2.24) is 0 Å². The molecule has 1 aliphatic carbocycles. The van der Waals surface area contributed by atoms with Crippen molar-refractivity contribution in [2.45, 2.75) is 37.4 Å². The van der Waals surface area contributed by atoms with Crippen LogP contribution in [0.15, 0.2) is 0 Å². The summed E-state index contributed by atoms with van der Waals surface area (Å²) in [7, 11) is 1.65. The smallest absolute Gasteiger partial charge is 0.219 e. The van der Waals surface area contributed by atoms with Gasteiger partial charge in [0.1, 0.15) is 0 Å². The van der Waals surface area contributed by atoms with Crippen LogP contribution < -0.4 is 0 Å². The van der Waals surface area contributed by atoms with Crippen LogP contribution in [-0.4, -0.2) is 16.7 Å². The zero-order valence-electron chi connectivity index (χ0n) is 6.84. The normalized spacial score (nSPS) is 19.7. The van der Waals surface area contributed by atoms with Crippen LogP contribution in [0.5, 0.6) is 0 Å². The van der Waals surface area contributed by atoms with E-state index in [2.05, 4.69) is 0 Å². The molecule has 1 saturated carbocycles. The minimum atomic E-state index is 0.705. The Morgan fingerprint density at radius 3 is 2.55 bits per heavy atom. The number of methoxy groups -OCH3 is 1. The molecule has 0 unspecified atom stereocenters. The molecule has 0 amide bonds. The molecule has 0 radical (unpaired) electrons. The molecule has 0 N–H and O–H groups in total. The Balaban J connectivity index is 2.19. The first-order valence-corrected chi connectivity index (χ1v) is 5.36. The van der Waals surface area contributed by atoms with Crippen molar-refractivity contribution in [2.75, 3.05) is 7.11 Å². The summed E-state index contributed by atoms with van der Waals surface area (Å²) in [6.45, 7) is 0. The Hall–Kier alpha value is 0.240. The Labute approximate surface area is 77.9 Å². The van der Waals surface area contributed by atoms with Crippen LogP contribution in [0.4, 0.5) is 0 Å². The molecule has 3 heteroatoms. The summed E-state index contributed by atoms with van der Waals surface area (Å²) in [5.74, 6) is 0. The van der Waals surface area contributed by atoms with E-state index in [1.54, 1.807) is 18.9 Å². The van der Waals surface area contributed by atoms with Crippen molar-refractivity contribution in [3.8, 4) is 0 Å². The SMILES string of the molecule is COC(=S)SC1CCCCC1. The molecule has 1 rings (SSSR count). The molecule has 0 heterocycles. The standard InChI is InChI=1S/C8H14OS2/c1-9-8(10)11-7-5-3-2-4-6-7/h7H,2-6H2,1H3. The molecule has 0 aromatic rings. The van der Waals surface area contributed by atoms with Gasteiger partial charge in [-0.15, -0.1) is 0 Å². The van der Waals surface area contributed by atoms with Crippen LogP contribution >= 0.6 is 24.0 Å². The van der Waals surface area contributed by atoms with Gasteiger partial charge in [0.2, 0.25) is 4.38 Å². The lowest BCUT2D eigenvalue weighted by Gasteiger charge is -2.20. The maximum absolute atomic E-state index is 4.98. The van der Waals surface area contributed by atoms with Gasteiger partial charge in [0.25, 0.3) is 0 Å². The molecule has 0 saturated heterocycles. The molecule has 0 spiro atoms. The second-order valence-electron chi connectivity index (χ2n) is 2.83. The second kappa shape index (κ2) is 4.99. The third-order valence-corrected chi connectivity index (χ3v) is 3.60. The maximum Gasteiger partial charge on any atom is 0.219 e. The van der Waals surface area contributed by atoms with Gasteiger partial charge in [-0.3, -0.25) is 0 Å². The van der Waals surface area contributed by atoms with Crippen molar-refractivity contribution < 1.29 is 4.74 Å². The molecular weight excluding hydrogens is 176 g/mol. The van der Waals surface area contributed by atoms with Crippen LogP contribution in [0.1, 0.15) is 32.1 Å². The van der Waals surface area contributed by atoms with Gasteiger partial charge in [-0.1, -0.05) is 31.0 Å². The molecular formula is C8H14OS2. The predicted molar refractivity (Wildman–Crippen MR) is 54.1 cm³/mol. The van der Waals surface area contributed by atoms with E-state index in [9.17, 15) is 0 Å². The van der Waals surface area contributed by atoms with E-state index >= 15 is 0 Å². The zero-order chi connectivity index (χ0) is 8.10. The molecule has 1 aliphatic rings. The van der Waals surface area contributed by atoms with Gasteiger partial charge in [-0.05, 0) is 25.1 Å². The minimum Gasteiger partial charge on any atom is -0.482 e. The van der Waals surface area contributed by atoms with Crippen molar-refractivity contribution >= 4 is 28.4 Å². The Morgan fingerprint density at radius 1 is 1.36 bits per heavy atom. The highest BCUT2D eigenvalue weighted by atomic mass is 32.2. The number of thioether (sulfide) groups is 1. The fraction of sp³-hybridized carbons (Fsp3) is 0.875. The first-order valence-electron chi connectivity index (χ1n) is 4.07. The topological polar surface area (TPSA) is 9.23 Å². The quantitative estimate of drug-likeness (QED) is 0.588. The van der Waals surface area contributed by atoms with E-state index in [1.807, 2.05) is 0 Å². The van der Waals surface area contributed by atoms with Crippen LogP contribution in [0.2, 0.25) is 0 Å². The monoisotopic (exact) mass is 190 g/mol. The van der Waals surface area contributed by atoms with E-state index in [4.69, 9.17) is 17.0 Å². The average molecular weight is 190 g/mol. The zero-order valence-corrected chi connectivity index (χ0v) is 8.47. The van der Waals surface area contributed by atoms with Gasteiger partial charge in [0.15, 0.2) is 0 Å². The van der Waals surface area contributed by atoms with E-state index in [1.165, 1.54) is 32.1 Å². The fourth-order valence-corrected chi connectivity index (χ4v) is 2.71. The Morgan fingerprint density at radius 2 is 2.00 bits per heavy atom. The number of hydrogen-bond donors (Lipinski definition) is 0. The predicted octanol–water partition coefficient (Wildman–Crippen LogP) is 2.98. The van der Waals surface area contributed by atoms with E-state index in [0.29, 0.717) is 4.38 Å². The van der Waals surface area contributed by atoms with Crippen molar-refractivity contribution in [2.24, 2.45) is 0 Å². The lowest BCUT2D eigenvalue weighted by Crippen LogP contribution is -2.10. The third kappa shape index (κ3) is 3.43. The fourth-order valence-electron chi connectivity index (χ4n) is 1.37. The molecule has 1 fully saturated rings. The highest BCUT2D eigenvalue weighted by Crippen LogP contribution is 2.29. The molecule has 64 valence electrons. The van der Waals surface area contributed by atoms with Crippen LogP contribution in [0.3, 0.4) is 0 Å². The highest BCUT2D eigenvalue weighted by Gasteiger charge is 2.15. The van der Waals surface area contributed by atoms with Crippen molar-refractivity contribution in [3.05, 3.63) is 0 Å². The lowest BCUT2D eigenvalue weighted by molar-refractivity contribution is 0.425. The maximum atomic E-state index is 4.98. The molecule has 0 aromatic carbocycles. The van der Waals surface area contributed by atoms with E-state index in [0.717, 1.165) is 5.25 Å². The number of rotatable bonds is 1. The molecule has 0 bridgehead atoms. The van der Waals surface area contributed by atoms with E-state index < -0.39 is 0 Å². The molecule has 0 atom stereocenters. The van der Waals surface area contributed by atoms with Gasteiger partial charge in [-0.25, -0.2) is 0 Å². The second-order valence-corrected chi connectivity index (χ2v) is 4.73. The summed E-state index contributed by atoms with van der Waals surface area (Å²) in [5.41, 5.74) is 0. The molecule has 1 nitrogen and oxygen atoms in total. The molecule has 0 aromatic heterocycles. The largest absolute Gasteiger partial charge is 0.482 e. The summed E-state index contributed by atoms with van der Waals surface area (Å²) in [6, 6.07) is 0. The van der Waals surface area contributed by atoms with Crippen molar-refractivity contribution in [3.63, 3.8) is 0 Å². The van der Waals surface area contributed by atoms with Gasteiger partial charge in [0, 0.05) is 5.25 Å². The summed E-state index contributed by atoms with van der Waals surface area (Å²) in [4.78, 5) is 0. The van der Waals surface area contributed by atoms with Crippen LogP contribution in [0, 0.1) is 0 Å². The van der Waals surface area contributed by atoms with Crippen LogP contribution in [-0.2, 0) is 4.74 Å². The number of thiocarbonyl (C=S) groups is 1. The summed E-state index contributed by atoms with van der Waals surface area (Å²) < 4.78 is 5.65. The Bertz CT molecular complexity index is 130. The summed E-state index contributed by atoms with van der Waals surface area (Å²) >= 11 is 6.71. The third-order valence-electron chi connectivity index (χ3n) is 1.98. The molecule has 11 heavy (non-hydrogen) atoms. The first-order chi connectivity index (χ1) is 5.33. The summed E-state index contributed by atoms with van der Waals surface area (Å²) in [6.07, 6.45) is 6.76. The Kier molecular flexibility index (Phi) is 4.23. The van der Waals surface area contributed by atoms with E-state index in [-0.39, 0.29) is 0 Å². The number of hydrogen-bond acceptors (Lipinski definition) is 3. The number of ether oxygens (including phenoxy) is 1. The average Bonchev–Trinajstić information content (AvgIpc) is 2.06. The summed E-state index contributed by atoms with van der Waals surface area (Å²) in [5, 5.41) is 0.733. The van der Waals surface area contributed by atoms with Gasteiger partial charge in [-0.2, -0.15) is 0 Å². The van der Waals surface area contributed by atoms with Crippen LogP contribution in [0.25, 0.3) is 0 Å². The van der Waals surface area contributed by atoms with Crippen molar-refractivity contribution in [1.29, 1.82) is 0 Å².